The molecule has 15 heteroatoms. The first-order valence-electron chi connectivity index (χ1n) is 11.4. The summed E-state index contributed by atoms with van der Waals surface area (Å²) in [4.78, 5) is 37.6. The number of benzene rings is 2. The third-order valence-electron chi connectivity index (χ3n) is 4.69. The summed E-state index contributed by atoms with van der Waals surface area (Å²) in [7, 11) is 0. The number of carbonyl (C=O) groups excluding carboxylic acids is 1. The molecule has 2 aromatic carbocycles. The number of amides is 1. The standard InChI is InChI=1S/C23H27N5O10/c24-26-25-9-11-34-13-15-36-16-14-35-12-10-27(22(29)30)19-3-1-18(2-4-19)17-37-23(31)38-21-7-5-20(6-8-21)28(32)33/h1-8,24H,9-17H2/p+1. The van der Waals surface area contributed by atoms with E-state index in [1.807, 2.05) is 0 Å². The molecule has 2 rings (SSSR count). The molecule has 0 aliphatic heterocycles. The van der Waals surface area contributed by atoms with E-state index in [0.29, 0.717) is 44.2 Å². The van der Waals surface area contributed by atoms with Crippen molar-refractivity contribution >= 4 is 23.6 Å². The van der Waals surface area contributed by atoms with Crippen LogP contribution in [0.15, 0.2) is 53.6 Å². The molecule has 204 valence electrons. The number of rotatable bonds is 17. The van der Waals surface area contributed by atoms with Crippen LogP contribution >= 0.6 is 0 Å². The van der Waals surface area contributed by atoms with Gasteiger partial charge in [0.2, 0.25) is 4.91 Å². The second kappa shape index (κ2) is 17.1. The highest BCUT2D eigenvalue weighted by atomic mass is 16.7. The Hall–Kier alpha value is -4.43. The highest BCUT2D eigenvalue weighted by Crippen LogP contribution is 2.19. The Morgan fingerprint density at radius 2 is 1.55 bits per heavy atom. The van der Waals surface area contributed by atoms with E-state index in [9.17, 15) is 24.8 Å². The maximum atomic E-state index is 11.9. The summed E-state index contributed by atoms with van der Waals surface area (Å²) in [5, 5.41) is 23.6. The number of carbonyl (C=O) groups is 2. The van der Waals surface area contributed by atoms with Crippen LogP contribution in [-0.2, 0) is 25.6 Å². The van der Waals surface area contributed by atoms with Crippen molar-refractivity contribution in [2.24, 2.45) is 5.11 Å². The van der Waals surface area contributed by atoms with Crippen molar-refractivity contribution in [3.63, 3.8) is 0 Å². The summed E-state index contributed by atoms with van der Waals surface area (Å²) in [5.74, 6) is 0.0941. The quantitative estimate of drug-likeness (QED) is 0.0577. The van der Waals surface area contributed by atoms with E-state index in [4.69, 9.17) is 29.2 Å². The number of nitrogens with zero attached hydrogens (tertiary/aromatic N) is 4. The van der Waals surface area contributed by atoms with Gasteiger partial charge in [0.15, 0.2) is 0 Å². The summed E-state index contributed by atoms with van der Waals surface area (Å²) in [6.45, 7) is 2.17. The number of nitro groups is 1. The van der Waals surface area contributed by atoms with Gasteiger partial charge < -0.3 is 28.8 Å². The zero-order valence-corrected chi connectivity index (χ0v) is 20.4. The van der Waals surface area contributed by atoms with Crippen molar-refractivity contribution < 1.29 is 43.3 Å². The van der Waals surface area contributed by atoms with Crippen LogP contribution in [-0.4, -0.2) is 75.0 Å². The van der Waals surface area contributed by atoms with Crippen LogP contribution in [0.1, 0.15) is 5.56 Å². The van der Waals surface area contributed by atoms with E-state index >= 15 is 0 Å². The lowest BCUT2D eigenvalue weighted by Gasteiger charge is -2.19. The van der Waals surface area contributed by atoms with Crippen molar-refractivity contribution in [1.82, 2.24) is 4.91 Å². The summed E-state index contributed by atoms with van der Waals surface area (Å²) in [5.41, 5.74) is 7.38. The molecular formula is C23H28N5O10+. The number of hydrogen-bond donors (Lipinski definition) is 2. The topological polar surface area (TPSA) is 197 Å². The predicted octanol–water partition coefficient (Wildman–Crippen LogP) is 3.39. The fourth-order valence-electron chi connectivity index (χ4n) is 2.86. The van der Waals surface area contributed by atoms with Crippen LogP contribution in [0.25, 0.3) is 0 Å². The molecule has 38 heavy (non-hydrogen) atoms. The molecule has 0 saturated heterocycles. The first kappa shape index (κ1) is 29.8. The van der Waals surface area contributed by atoms with Crippen molar-refractivity contribution in [3.05, 3.63) is 64.2 Å². The molecule has 1 amide bonds. The van der Waals surface area contributed by atoms with E-state index in [1.54, 1.807) is 24.3 Å². The maximum Gasteiger partial charge on any atom is 0.514 e. The van der Waals surface area contributed by atoms with Gasteiger partial charge in [0.05, 0.1) is 51.1 Å². The largest absolute Gasteiger partial charge is 0.514 e. The number of hydrogen-bond acceptors (Lipinski definition) is 11. The average Bonchev–Trinajstić information content (AvgIpc) is 2.91. The summed E-state index contributed by atoms with van der Waals surface area (Å²) in [6.07, 6.45) is -2.14. The second-order valence-corrected chi connectivity index (χ2v) is 7.29. The Morgan fingerprint density at radius 1 is 0.947 bits per heavy atom. The first-order valence-corrected chi connectivity index (χ1v) is 11.4. The van der Waals surface area contributed by atoms with Crippen molar-refractivity contribution in [3.8, 4) is 5.75 Å². The van der Waals surface area contributed by atoms with Gasteiger partial charge in [0.25, 0.3) is 5.69 Å². The molecule has 0 aliphatic carbocycles. The highest BCUT2D eigenvalue weighted by Gasteiger charge is 2.15. The maximum absolute atomic E-state index is 11.9. The minimum absolute atomic E-state index is 0.0941. The minimum Gasteiger partial charge on any atom is -0.465 e. The van der Waals surface area contributed by atoms with Crippen molar-refractivity contribution in [2.45, 2.75) is 6.61 Å². The number of nitrogens with one attached hydrogen (secondary N) is 1. The lowest BCUT2D eigenvalue weighted by molar-refractivity contribution is -0.384. The lowest BCUT2D eigenvalue weighted by Crippen LogP contribution is -2.32. The summed E-state index contributed by atoms with van der Waals surface area (Å²) in [6, 6.07) is 11.3. The molecule has 0 saturated carbocycles. The number of nitro benzene ring substituents is 1. The predicted molar refractivity (Wildman–Crippen MR) is 130 cm³/mol. The van der Waals surface area contributed by atoms with Gasteiger partial charge in [-0.25, -0.2) is 9.59 Å². The molecule has 2 N–H and O–H groups in total. The van der Waals surface area contributed by atoms with Gasteiger partial charge in [-0.1, -0.05) is 12.1 Å². The number of ether oxygens (including phenoxy) is 5. The second-order valence-electron chi connectivity index (χ2n) is 7.29. The highest BCUT2D eigenvalue weighted by molar-refractivity contribution is 5.85. The van der Waals surface area contributed by atoms with E-state index in [1.165, 1.54) is 24.3 Å². The van der Waals surface area contributed by atoms with Gasteiger partial charge in [0.1, 0.15) is 29.5 Å². The van der Waals surface area contributed by atoms with Crippen LogP contribution in [0.4, 0.5) is 21.0 Å². The Kier molecular flexibility index (Phi) is 13.4. The van der Waals surface area contributed by atoms with Gasteiger partial charge in [-0.05, 0) is 29.8 Å². The van der Waals surface area contributed by atoms with Crippen molar-refractivity contribution in [1.29, 1.82) is 5.53 Å². The molecule has 0 aromatic heterocycles. The van der Waals surface area contributed by atoms with Gasteiger partial charge in [-0.3, -0.25) is 15.0 Å². The number of anilines is 1. The fourth-order valence-corrected chi connectivity index (χ4v) is 2.86. The molecule has 2 aromatic rings. The molecule has 0 unspecified atom stereocenters. The van der Waals surface area contributed by atoms with Gasteiger partial charge in [-0.15, -0.1) is 0 Å². The third-order valence-corrected chi connectivity index (χ3v) is 4.69. The van der Waals surface area contributed by atoms with Crippen LogP contribution < -0.4 is 14.5 Å². The Labute approximate surface area is 217 Å². The van der Waals surface area contributed by atoms with Crippen LogP contribution in [0.2, 0.25) is 0 Å². The monoisotopic (exact) mass is 534 g/mol. The molecule has 0 heterocycles. The zero-order valence-electron chi connectivity index (χ0n) is 20.4. The van der Waals surface area contributed by atoms with Gasteiger partial charge in [-0.2, -0.15) is 0 Å². The van der Waals surface area contributed by atoms with Crippen LogP contribution in [0.3, 0.4) is 0 Å². The Morgan fingerprint density at radius 3 is 2.13 bits per heavy atom. The van der Waals surface area contributed by atoms with E-state index in [2.05, 4.69) is 10.0 Å². The molecule has 0 radical (unpaired) electrons. The zero-order chi connectivity index (χ0) is 27.6. The van der Waals surface area contributed by atoms with Crippen molar-refractivity contribution in [2.75, 3.05) is 57.6 Å². The van der Waals surface area contributed by atoms with Gasteiger partial charge >= 0.3 is 12.2 Å². The molecule has 0 spiro atoms. The molecule has 0 bridgehead atoms. The number of non-ortho nitro benzene ring substituents is 1. The van der Waals surface area contributed by atoms with Crippen LogP contribution in [0, 0.1) is 15.6 Å². The summed E-state index contributed by atoms with van der Waals surface area (Å²) < 4.78 is 26.0. The van der Waals surface area contributed by atoms with E-state index in [-0.39, 0.29) is 37.8 Å². The molecule has 0 fully saturated rings. The molecule has 15 nitrogen and oxygen atoms in total. The normalized spacial score (nSPS) is 10.3. The van der Waals surface area contributed by atoms with E-state index in [0.717, 1.165) is 4.90 Å². The fraction of sp³-hybridized carbons (Fsp3) is 0.391. The molecular weight excluding hydrogens is 506 g/mol. The number of carboxylic acid groups (broad SMARTS) is 1. The SMILES string of the molecule is N=[N+]=NCCOCCOCCOCCN(C(=O)O)c1ccc(COC(=O)Oc2ccc([N+](=O)[O-])cc2)cc1. The third kappa shape index (κ3) is 11.5. The average molecular weight is 535 g/mol. The van der Waals surface area contributed by atoms with Gasteiger partial charge in [0, 0.05) is 17.8 Å². The summed E-state index contributed by atoms with van der Waals surface area (Å²) >= 11 is 0. The molecule has 0 atom stereocenters. The Balaban J connectivity index is 1.67. The first-order chi connectivity index (χ1) is 18.4. The van der Waals surface area contributed by atoms with Crippen LogP contribution in [0.5, 0.6) is 5.75 Å². The van der Waals surface area contributed by atoms with E-state index < -0.39 is 17.2 Å². The Bertz CT molecular complexity index is 1080. The lowest BCUT2D eigenvalue weighted by atomic mass is 10.2. The molecule has 0 aliphatic rings. The minimum atomic E-state index is -1.15. The smallest absolute Gasteiger partial charge is 0.465 e.